The van der Waals surface area contributed by atoms with Gasteiger partial charge in [-0.05, 0) is 22.4 Å². The molecule has 1 fully saturated rings. The highest BCUT2D eigenvalue weighted by molar-refractivity contribution is 5.89. The SMILES string of the molecule is C=CCNC(=O)CC1C(=O)NCCN1Cc1ccc2ccccc2c1. The molecular formula is C20H23N3O2. The minimum absolute atomic E-state index is 0.0826. The minimum Gasteiger partial charge on any atom is -0.353 e. The number of benzene rings is 2. The Morgan fingerprint density at radius 1 is 1.28 bits per heavy atom. The summed E-state index contributed by atoms with van der Waals surface area (Å²) in [5, 5.41) is 7.98. The number of carbonyl (C=O) groups is 2. The third-order valence-corrected chi connectivity index (χ3v) is 4.46. The third-order valence-electron chi connectivity index (χ3n) is 4.46. The van der Waals surface area contributed by atoms with Crippen LogP contribution in [0.1, 0.15) is 12.0 Å². The first-order valence-corrected chi connectivity index (χ1v) is 8.54. The molecule has 1 unspecified atom stereocenters. The molecule has 130 valence electrons. The first-order chi connectivity index (χ1) is 12.2. The number of nitrogens with zero attached hydrogens (tertiary/aromatic N) is 1. The summed E-state index contributed by atoms with van der Waals surface area (Å²) in [4.78, 5) is 26.4. The molecule has 1 saturated heterocycles. The molecule has 1 aliphatic heterocycles. The van der Waals surface area contributed by atoms with Crippen LogP contribution in [0.25, 0.3) is 10.8 Å². The van der Waals surface area contributed by atoms with E-state index in [0.29, 0.717) is 19.6 Å². The van der Waals surface area contributed by atoms with Gasteiger partial charge in [0.2, 0.25) is 11.8 Å². The second-order valence-electron chi connectivity index (χ2n) is 6.26. The Hall–Kier alpha value is -2.66. The van der Waals surface area contributed by atoms with E-state index in [1.807, 2.05) is 12.1 Å². The summed E-state index contributed by atoms with van der Waals surface area (Å²) in [7, 11) is 0. The van der Waals surface area contributed by atoms with Crippen molar-refractivity contribution >= 4 is 22.6 Å². The normalized spacial score (nSPS) is 17.9. The largest absolute Gasteiger partial charge is 0.353 e. The zero-order chi connectivity index (χ0) is 17.6. The number of hydrogen-bond acceptors (Lipinski definition) is 3. The molecule has 1 aliphatic rings. The number of nitrogens with one attached hydrogen (secondary N) is 2. The van der Waals surface area contributed by atoms with Crippen LogP contribution in [0.4, 0.5) is 0 Å². The number of rotatable bonds is 6. The van der Waals surface area contributed by atoms with Gasteiger partial charge >= 0.3 is 0 Å². The van der Waals surface area contributed by atoms with E-state index in [1.165, 1.54) is 10.8 Å². The van der Waals surface area contributed by atoms with Gasteiger partial charge < -0.3 is 10.6 Å². The average Bonchev–Trinajstić information content (AvgIpc) is 2.63. The van der Waals surface area contributed by atoms with Crippen molar-refractivity contribution in [1.82, 2.24) is 15.5 Å². The lowest BCUT2D eigenvalue weighted by Crippen LogP contribution is -2.56. The fraction of sp³-hybridized carbons (Fsp3) is 0.300. The van der Waals surface area contributed by atoms with Crippen molar-refractivity contribution in [3.8, 4) is 0 Å². The maximum atomic E-state index is 12.3. The number of carbonyl (C=O) groups excluding carboxylic acids is 2. The van der Waals surface area contributed by atoms with Crippen LogP contribution in [0.2, 0.25) is 0 Å². The first kappa shape index (κ1) is 17.2. The molecule has 5 nitrogen and oxygen atoms in total. The summed E-state index contributed by atoms with van der Waals surface area (Å²) in [5.41, 5.74) is 1.14. The molecule has 0 bridgehead atoms. The van der Waals surface area contributed by atoms with Crippen LogP contribution < -0.4 is 10.6 Å². The Bertz CT molecular complexity index is 787. The molecule has 2 amide bonds. The molecular weight excluding hydrogens is 314 g/mol. The van der Waals surface area contributed by atoms with Crippen LogP contribution in [0, 0.1) is 0 Å². The van der Waals surface area contributed by atoms with Gasteiger partial charge in [0.1, 0.15) is 0 Å². The van der Waals surface area contributed by atoms with Crippen LogP contribution in [-0.2, 0) is 16.1 Å². The molecule has 2 N–H and O–H groups in total. The van der Waals surface area contributed by atoms with Gasteiger partial charge in [-0.15, -0.1) is 6.58 Å². The molecule has 0 aliphatic carbocycles. The van der Waals surface area contributed by atoms with Crippen molar-refractivity contribution in [1.29, 1.82) is 0 Å². The summed E-state index contributed by atoms with van der Waals surface area (Å²) < 4.78 is 0. The van der Waals surface area contributed by atoms with Gasteiger partial charge in [-0.25, -0.2) is 0 Å². The van der Waals surface area contributed by atoms with E-state index >= 15 is 0 Å². The molecule has 5 heteroatoms. The van der Waals surface area contributed by atoms with Crippen molar-refractivity contribution in [3.05, 3.63) is 60.7 Å². The second-order valence-corrected chi connectivity index (χ2v) is 6.26. The van der Waals surface area contributed by atoms with Crippen LogP contribution in [0.15, 0.2) is 55.1 Å². The lowest BCUT2D eigenvalue weighted by molar-refractivity contribution is -0.134. The standard InChI is InChI=1S/C20H23N3O2/c1-2-9-21-19(24)13-18-20(25)22-10-11-23(18)14-15-7-8-16-5-3-4-6-17(16)12-15/h2-8,12,18H,1,9-11,13-14H2,(H,21,24)(H,22,25). The number of piperazine rings is 1. The second kappa shape index (κ2) is 7.94. The first-order valence-electron chi connectivity index (χ1n) is 8.54. The molecule has 3 rings (SSSR count). The van der Waals surface area contributed by atoms with Crippen LogP contribution in [-0.4, -0.2) is 42.4 Å². The van der Waals surface area contributed by atoms with E-state index < -0.39 is 6.04 Å². The summed E-state index contributed by atoms with van der Waals surface area (Å²) in [6.45, 7) is 5.99. The van der Waals surface area contributed by atoms with Gasteiger partial charge in [-0.2, -0.15) is 0 Å². The van der Waals surface area contributed by atoms with Gasteiger partial charge in [-0.1, -0.05) is 42.5 Å². The highest BCUT2D eigenvalue weighted by Crippen LogP contribution is 2.19. The number of fused-ring (bicyclic) bond motifs is 1. The Kier molecular flexibility index (Phi) is 5.46. The third kappa shape index (κ3) is 4.25. The predicted octanol–water partition coefficient (Wildman–Crippen LogP) is 1.83. The fourth-order valence-electron chi connectivity index (χ4n) is 3.18. The van der Waals surface area contributed by atoms with Crippen molar-refractivity contribution in [3.63, 3.8) is 0 Å². The Labute approximate surface area is 147 Å². The summed E-state index contributed by atoms with van der Waals surface area (Å²) in [6, 6.07) is 14.1. The Morgan fingerprint density at radius 3 is 2.88 bits per heavy atom. The van der Waals surface area contributed by atoms with Gasteiger partial charge in [0.15, 0.2) is 0 Å². The lowest BCUT2D eigenvalue weighted by Gasteiger charge is -2.34. The number of amides is 2. The smallest absolute Gasteiger partial charge is 0.237 e. The van der Waals surface area contributed by atoms with E-state index in [9.17, 15) is 9.59 Å². The fourth-order valence-corrected chi connectivity index (χ4v) is 3.18. The highest BCUT2D eigenvalue weighted by atomic mass is 16.2. The van der Waals surface area contributed by atoms with Crippen LogP contribution in [0.5, 0.6) is 0 Å². The van der Waals surface area contributed by atoms with E-state index in [4.69, 9.17) is 0 Å². The van der Waals surface area contributed by atoms with Crippen LogP contribution in [0.3, 0.4) is 0 Å². The minimum atomic E-state index is -0.440. The molecule has 0 spiro atoms. The van der Waals surface area contributed by atoms with Crippen molar-refractivity contribution in [2.24, 2.45) is 0 Å². The van der Waals surface area contributed by atoms with E-state index in [2.05, 4.69) is 52.4 Å². The molecule has 2 aromatic carbocycles. The van der Waals surface area contributed by atoms with Crippen molar-refractivity contribution < 1.29 is 9.59 Å². The van der Waals surface area contributed by atoms with Crippen molar-refractivity contribution in [2.75, 3.05) is 19.6 Å². The highest BCUT2D eigenvalue weighted by Gasteiger charge is 2.31. The monoisotopic (exact) mass is 337 g/mol. The van der Waals surface area contributed by atoms with Crippen molar-refractivity contribution in [2.45, 2.75) is 19.0 Å². The molecule has 1 heterocycles. The Morgan fingerprint density at radius 2 is 2.08 bits per heavy atom. The topological polar surface area (TPSA) is 61.4 Å². The molecule has 25 heavy (non-hydrogen) atoms. The summed E-state index contributed by atoms with van der Waals surface area (Å²) in [5.74, 6) is -0.216. The van der Waals surface area contributed by atoms with Gasteiger partial charge in [0, 0.05) is 26.2 Å². The molecule has 0 saturated carbocycles. The van der Waals surface area contributed by atoms with Gasteiger partial charge in [-0.3, -0.25) is 14.5 Å². The van der Waals surface area contributed by atoms with Crippen LogP contribution >= 0.6 is 0 Å². The van der Waals surface area contributed by atoms with Gasteiger partial charge in [0.05, 0.1) is 12.5 Å². The van der Waals surface area contributed by atoms with E-state index in [1.54, 1.807) is 6.08 Å². The maximum absolute atomic E-state index is 12.3. The molecule has 1 atom stereocenters. The summed E-state index contributed by atoms with van der Waals surface area (Å²) in [6.07, 6.45) is 1.79. The zero-order valence-electron chi connectivity index (χ0n) is 14.2. The van der Waals surface area contributed by atoms with E-state index in [-0.39, 0.29) is 18.2 Å². The molecule has 2 aromatic rings. The average molecular weight is 337 g/mol. The maximum Gasteiger partial charge on any atom is 0.237 e. The number of hydrogen-bond donors (Lipinski definition) is 2. The molecule has 0 radical (unpaired) electrons. The van der Waals surface area contributed by atoms with E-state index in [0.717, 1.165) is 12.1 Å². The predicted molar refractivity (Wildman–Crippen MR) is 99.0 cm³/mol. The quantitative estimate of drug-likeness (QED) is 0.791. The summed E-state index contributed by atoms with van der Waals surface area (Å²) >= 11 is 0. The molecule has 0 aromatic heterocycles. The zero-order valence-corrected chi connectivity index (χ0v) is 14.2. The van der Waals surface area contributed by atoms with Gasteiger partial charge in [0.25, 0.3) is 0 Å². The Balaban J connectivity index is 1.73. The lowest BCUT2D eigenvalue weighted by atomic mass is 10.0.